The molecule has 1 amide bonds. The monoisotopic (exact) mass is 359 g/mol. The van der Waals surface area contributed by atoms with Crippen LogP contribution in [0.4, 0.5) is 5.69 Å². The minimum Gasteiger partial charge on any atom is -0.493 e. The number of anilines is 1. The van der Waals surface area contributed by atoms with Crippen molar-refractivity contribution in [2.24, 2.45) is 0 Å². The summed E-state index contributed by atoms with van der Waals surface area (Å²) in [6.45, 7) is 0. The highest BCUT2D eigenvalue weighted by Gasteiger charge is 2.14. The predicted octanol–water partition coefficient (Wildman–Crippen LogP) is 3.61. The molecule has 0 radical (unpaired) electrons. The summed E-state index contributed by atoms with van der Waals surface area (Å²) in [4.78, 5) is 11.9. The Morgan fingerprint density at radius 2 is 1.67 bits per heavy atom. The maximum Gasteiger partial charge on any atom is 0.224 e. The molecule has 1 aromatic carbocycles. The van der Waals surface area contributed by atoms with Gasteiger partial charge in [-0.1, -0.05) is 22.4 Å². The van der Waals surface area contributed by atoms with Gasteiger partial charge in [0.05, 0.1) is 21.3 Å². The third-order valence-electron chi connectivity index (χ3n) is 2.99. The molecule has 1 N–H and O–H groups in total. The van der Waals surface area contributed by atoms with Crippen molar-refractivity contribution in [3.8, 4) is 17.2 Å². The molecule has 118 valence electrons. The average molecular weight is 360 g/mol. The van der Waals surface area contributed by atoms with Gasteiger partial charge in [0.15, 0.2) is 11.5 Å². The number of amides is 1. The van der Waals surface area contributed by atoms with Gasteiger partial charge in [-0.05, 0) is 12.8 Å². The molecule has 1 aromatic rings. The maximum absolute atomic E-state index is 11.9. The van der Waals surface area contributed by atoms with Gasteiger partial charge in [0.1, 0.15) is 0 Å². The summed E-state index contributed by atoms with van der Waals surface area (Å²) in [6, 6.07) is 3.44. The van der Waals surface area contributed by atoms with E-state index < -0.39 is 0 Å². The summed E-state index contributed by atoms with van der Waals surface area (Å²) in [5, 5.41) is 3.83. The summed E-state index contributed by atoms with van der Waals surface area (Å²) < 4.78 is 15.7. The van der Waals surface area contributed by atoms with Crippen molar-refractivity contribution in [1.82, 2.24) is 0 Å². The molecule has 0 spiro atoms. The first-order valence-electron chi connectivity index (χ1n) is 6.82. The first-order chi connectivity index (χ1) is 10.2. The normalized spacial score (nSPS) is 10.1. The Kier molecular flexibility index (Phi) is 7.97. The second kappa shape index (κ2) is 9.50. The molecule has 0 atom stereocenters. The zero-order valence-corrected chi connectivity index (χ0v) is 14.3. The van der Waals surface area contributed by atoms with Crippen LogP contribution in [0.5, 0.6) is 17.2 Å². The van der Waals surface area contributed by atoms with Crippen LogP contribution in [-0.2, 0) is 4.79 Å². The van der Waals surface area contributed by atoms with E-state index >= 15 is 0 Å². The van der Waals surface area contributed by atoms with E-state index in [1.54, 1.807) is 33.5 Å². The minimum absolute atomic E-state index is 0.0150. The van der Waals surface area contributed by atoms with Crippen LogP contribution in [-0.4, -0.2) is 32.6 Å². The fourth-order valence-electron chi connectivity index (χ4n) is 1.93. The van der Waals surface area contributed by atoms with Crippen LogP contribution < -0.4 is 19.5 Å². The SMILES string of the molecule is COc1cc(NC(=O)CCCCCBr)cc(OC)c1OC. The highest BCUT2D eigenvalue weighted by atomic mass is 79.9. The van der Waals surface area contributed by atoms with Crippen molar-refractivity contribution >= 4 is 27.5 Å². The predicted molar refractivity (Wildman–Crippen MR) is 87.0 cm³/mol. The van der Waals surface area contributed by atoms with E-state index in [9.17, 15) is 4.79 Å². The summed E-state index contributed by atoms with van der Waals surface area (Å²) >= 11 is 3.38. The molecule has 0 heterocycles. The van der Waals surface area contributed by atoms with E-state index in [4.69, 9.17) is 14.2 Å². The highest BCUT2D eigenvalue weighted by molar-refractivity contribution is 9.09. The number of ether oxygens (including phenoxy) is 3. The molecular weight excluding hydrogens is 338 g/mol. The standard InChI is InChI=1S/C15H22BrNO4/c1-19-12-9-11(10-13(20-2)15(12)21-3)17-14(18)7-5-4-6-8-16/h9-10H,4-8H2,1-3H3,(H,17,18). The Morgan fingerprint density at radius 3 is 2.14 bits per heavy atom. The maximum atomic E-state index is 11.9. The fourth-order valence-corrected chi connectivity index (χ4v) is 2.33. The van der Waals surface area contributed by atoms with Crippen molar-refractivity contribution < 1.29 is 19.0 Å². The Labute approximate surface area is 134 Å². The summed E-state index contributed by atoms with van der Waals surface area (Å²) in [5.74, 6) is 1.53. The van der Waals surface area contributed by atoms with Crippen molar-refractivity contribution in [2.45, 2.75) is 25.7 Å². The van der Waals surface area contributed by atoms with E-state index in [1.165, 1.54) is 0 Å². The molecule has 6 heteroatoms. The molecule has 0 aromatic heterocycles. The lowest BCUT2D eigenvalue weighted by Gasteiger charge is -2.14. The van der Waals surface area contributed by atoms with Crippen molar-refractivity contribution in [1.29, 1.82) is 0 Å². The van der Waals surface area contributed by atoms with E-state index in [1.807, 2.05) is 0 Å². The van der Waals surface area contributed by atoms with E-state index in [0.717, 1.165) is 24.6 Å². The lowest BCUT2D eigenvalue weighted by molar-refractivity contribution is -0.116. The van der Waals surface area contributed by atoms with E-state index in [0.29, 0.717) is 29.4 Å². The molecule has 0 bridgehead atoms. The van der Waals surface area contributed by atoms with Crippen LogP contribution in [0.1, 0.15) is 25.7 Å². The number of halogens is 1. The van der Waals surface area contributed by atoms with Crippen LogP contribution in [0, 0.1) is 0 Å². The van der Waals surface area contributed by atoms with Crippen molar-refractivity contribution in [3.05, 3.63) is 12.1 Å². The minimum atomic E-state index is -0.0150. The van der Waals surface area contributed by atoms with Gasteiger partial charge in [-0.2, -0.15) is 0 Å². The Morgan fingerprint density at radius 1 is 1.05 bits per heavy atom. The molecule has 21 heavy (non-hydrogen) atoms. The number of carbonyl (C=O) groups is 1. The molecular formula is C15H22BrNO4. The molecule has 5 nitrogen and oxygen atoms in total. The number of rotatable bonds is 9. The number of methoxy groups -OCH3 is 3. The van der Waals surface area contributed by atoms with E-state index in [-0.39, 0.29) is 5.91 Å². The Balaban J connectivity index is 2.72. The van der Waals surface area contributed by atoms with Gasteiger partial charge >= 0.3 is 0 Å². The van der Waals surface area contributed by atoms with Crippen LogP contribution in [0.25, 0.3) is 0 Å². The topological polar surface area (TPSA) is 56.8 Å². The zero-order chi connectivity index (χ0) is 15.7. The Hall–Kier alpha value is -1.43. The Bertz CT molecular complexity index is 440. The third kappa shape index (κ3) is 5.46. The van der Waals surface area contributed by atoms with Crippen LogP contribution >= 0.6 is 15.9 Å². The van der Waals surface area contributed by atoms with Gasteiger partial charge < -0.3 is 19.5 Å². The fraction of sp³-hybridized carbons (Fsp3) is 0.533. The van der Waals surface area contributed by atoms with Crippen LogP contribution in [0.3, 0.4) is 0 Å². The van der Waals surface area contributed by atoms with Gasteiger partial charge in [0.2, 0.25) is 11.7 Å². The average Bonchev–Trinajstić information content (AvgIpc) is 2.50. The number of hydrogen-bond acceptors (Lipinski definition) is 4. The van der Waals surface area contributed by atoms with Crippen molar-refractivity contribution in [3.63, 3.8) is 0 Å². The van der Waals surface area contributed by atoms with Gasteiger partial charge in [0, 0.05) is 29.6 Å². The van der Waals surface area contributed by atoms with Gasteiger partial charge in [-0.3, -0.25) is 4.79 Å². The number of hydrogen-bond donors (Lipinski definition) is 1. The van der Waals surface area contributed by atoms with Gasteiger partial charge in [-0.15, -0.1) is 0 Å². The largest absolute Gasteiger partial charge is 0.493 e. The number of nitrogens with one attached hydrogen (secondary N) is 1. The quantitative estimate of drug-likeness (QED) is 0.540. The first-order valence-corrected chi connectivity index (χ1v) is 7.94. The zero-order valence-electron chi connectivity index (χ0n) is 12.7. The first kappa shape index (κ1) is 17.6. The smallest absolute Gasteiger partial charge is 0.224 e. The molecule has 0 saturated heterocycles. The number of carbonyl (C=O) groups excluding carboxylic acids is 1. The summed E-state index contributed by atoms with van der Waals surface area (Å²) in [6.07, 6.45) is 3.50. The molecule has 1 rings (SSSR count). The van der Waals surface area contributed by atoms with Gasteiger partial charge in [0.25, 0.3) is 0 Å². The highest BCUT2D eigenvalue weighted by Crippen LogP contribution is 2.39. The molecule has 0 fully saturated rings. The molecule has 0 aliphatic carbocycles. The lowest BCUT2D eigenvalue weighted by atomic mass is 10.2. The van der Waals surface area contributed by atoms with Crippen LogP contribution in [0.2, 0.25) is 0 Å². The number of benzene rings is 1. The molecule has 0 saturated carbocycles. The number of unbranched alkanes of at least 4 members (excludes halogenated alkanes) is 2. The lowest BCUT2D eigenvalue weighted by Crippen LogP contribution is -2.11. The third-order valence-corrected chi connectivity index (χ3v) is 3.55. The molecule has 0 aliphatic rings. The second-order valence-electron chi connectivity index (χ2n) is 4.46. The molecule has 0 aliphatic heterocycles. The molecule has 0 unspecified atom stereocenters. The van der Waals surface area contributed by atoms with Crippen LogP contribution in [0.15, 0.2) is 12.1 Å². The second-order valence-corrected chi connectivity index (χ2v) is 5.25. The summed E-state index contributed by atoms with van der Waals surface area (Å²) in [5.41, 5.74) is 0.634. The number of alkyl halides is 1. The van der Waals surface area contributed by atoms with Crippen molar-refractivity contribution in [2.75, 3.05) is 32.0 Å². The van der Waals surface area contributed by atoms with Gasteiger partial charge in [-0.25, -0.2) is 0 Å². The summed E-state index contributed by atoms with van der Waals surface area (Å²) in [7, 11) is 4.63. The van der Waals surface area contributed by atoms with E-state index in [2.05, 4.69) is 21.2 Å².